The summed E-state index contributed by atoms with van der Waals surface area (Å²) in [6.07, 6.45) is 6.45. The monoisotopic (exact) mass is 196 g/mol. The van der Waals surface area contributed by atoms with Crippen molar-refractivity contribution in [3.8, 4) is 0 Å². The van der Waals surface area contributed by atoms with Gasteiger partial charge in [-0.3, -0.25) is 4.79 Å². The van der Waals surface area contributed by atoms with Crippen LogP contribution in [0.4, 0.5) is 0 Å². The largest absolute Gasteiger partial charge is 0.394 e. The van der Waals surface area contributed by atoms with Crippen LogP contribution in [-0.2, 0) is 14.3 Å². The van der Waals surface area contributed by atoms with Gasteiger partial charge in [-0.15, -0.1) is 0 Å². The number of ether oxygens (including phenoxy) is 2. The molecule has 1 atom stereocenters. The lowest BCUT2D eigenvalue weighted by Gasteiger charge is -2.37. The summed E-state index contributed by atoms with van der Waals surface area (Å²) in [5, 5.41) is 8.96. The van der Waals surface area contributed by atoms with Gasteiger partial charge in [-0.2, -0.15) is 0 Å². The third-order valence-electron chi connectivity index (χ3n) is 2.28. The van der Waals surface area contributed by atoms with Crippen molar-refractivity contribution in [2.75, 3.05) is 13.2 Å². The van der Waals surface area contributed by atoms with E-state index in [0.717, 1.165) is 0 Å². The summed E-state index contributed by atoms with van der Waals surface area (Å²) >= 11 is 0. The molecule has 1 N–H and O–H groups in total. The highest BCUT2D eigenvalue weighted by atomic mass is 16.7. The third kappa shape index (κ3) is 1.77. The Kier molecular flexibility index (Phi) is 2.50. The highest BCUT2D eigenvalue weighted by Gasteiger charge is 2.35. The van der Waals surface area contributed by atoms with Crippen molar-refractivity contribution in [3.05, 3.63) is 24.3 Å². The second-order valence-electron chi connectivity index (χ2n) is 3.35. The molecule has 0 aromatic rings. The summed E-state index contributed by atoms with van der Waals surface area (Å²) in [5.74, 6) is -1.01. The lowest BCUT2D eigenvalue weighted by molar-refractivity contribution is -0.244. The lowest BCUT2D eigenvalue weighted by atomic mass is 10.1. The number of aliphatic hydroxyl groups is 1. The van der Waals surface area contributed by atoms with E-state index in [9.17, 15) is 4.79 Å². The summed E-state index contributed by atoms with van der Waals surface area (Å²) in [6, 6.07) is 0. The van der Waals surface area contributed by atoms with Crippen molar-refractivity contribution >= 4 is 5.78 Å². The molecule has 1 aliphatic heterocycles. The molecule has 76 valence electrons. The highest BCUT2D eigenvalue weighted by molar-refractivity contribution is 6.00. The van der Waals surface area contributed by atoms with Crippen LogP contribution in [0.25, 0.3) is 0 Å². The topological polar surface area (TPSA) is 55.8 Å². The Labute approximate surface area is 81.8 Å². The zero-order chi connectivity index (χ0) is 10.0. The molecule has 1 aliphatic carbocycles. The number of hydrogen-bond acceptors (Lipinski definition) is 4. The fourth-order valence-electron chi connectivity index (χ4n) is 1.51. The molecule has 2 rings (SSSR count). The fraction of sp³-hybridized carbons (Fsp3) is 0.500. The van der Waals surface area contributed by atoms with Gasteiger partial charge in [0.05, 0.1) is 19.3 Å². The van der Waals surface area contributed by atoms with Crippen LogP contribution in [0.1, 0.15) is 6.42 Å². The molecular weight excluding hydrogens is 184 g/mol. The Morgan fingerprint density at radius 1 is 1.50 bits per heavy atom. The normalized spacial score (nSPS) is 29.8. The van der Waals surface area contributed by atoms with Crippen LogP contribution in [0.15, 0.2) is 24.3 Å². The maximum absolute atomic E-state index is 10.9. The maximum atomic E-state index is 10.9. The van der Waals surface area contributed by atoms with Gasteiger partial charge in [-0.25, -0.2) is 0 Å². The molecule has 1 fully saturated rings. The first-order valence-corrected chi connectivity index (χ1v) is 4.59. The van der Waals surface area contributed by atoms with Crippen LogP contribution >= 0.6 is 0 Å². The van der Waals surface area contributed by atoms with E-state index in [0.29, 0.717) is 13.0 Å². The Morgan fingerprint density at radius 3 is 2.86 bits per heavy atom. The highest BCUT2D eigenvalue weighted by Crippen LogP contribution is 2.27. The van der Waals surface area contributed by atoms with Crippen molar-refractivity contribution < 1.29 is 19.4 Å². The predicted molar refractivity (Wildman–Crippen MR) is 48.5 cm³/mol. The molecular formula is C10H12O4. The van der Waals surface area contributed by atoms with Crippen molar-refractivity contribution in [2.24, 2.45) is 0 Å². The zero-order valence-corrected chi connectivity index (χ0v) is 7.68. The van der Waals surface area contributed by atoms with Crippen LogP contribution in [0.5, 0.6) is 0 Å². The average molecular weight is 196 g/mol. The van der Waals surface area contributed by atoms with Gasteiger partial charge in [0, 0.05) is 0 Å². The van der Waals surface area contributed by atoms with Crippen LogP contribution in [0.3, 0.4) is 0 Å². The van der Waals surface area contributed by atoms with E-state index in [-0.39, 0.29) is 18.5 Å². The summed E-state index contributed by atoms with van der Waals surface area (Å²) < 4.78 is 10.9. The molecule has 0 radical (unpaired) electrons. The Bertz CT molecular complexity index is 276. The Morgan fingerprint density at radius 2 is 2.21 bits per heavy atom. The number of aliphatic hydroxyl groups excluding tert-OH is 1. The average Bonchev–Trinajstić information content (AvgIpc) is 2.23. The van der Waals surface area contributed by atoms with Gasteiger partial charge < -0.3 is 14.6 Å². The quantitative estimate of drug-likeness (QED) is 0.649. The SMILES string of the molecule is O=C1C=CC2(C=C1)OCC[C@@H](CO)O2. The third-order valence-corrected chi connectivity index (χ3v) is 2.28. The molecule has 1 saturated heterocycles. The van der Waals surface area contributed by atoms with Gasteiger partial charge in [-0.05, 0) is 30.7 Å². The second kappa shape index (κ2) is 3.65. The van der Waals surface area contributed by atoms with Crippen LogP contribution < -0.4 is 0 Å². The number of carbonyl (C=O) groups is 1. The smallest absolute Gasteiger partial charge is 0.209 e. The zero-order valence-electron chi connectivity index (χ0n) is 7.68. The van der Waals surface area contributed by atoms with Gasteiger partial charge in [0.2, 0.25) is 5.79 Å². The Balaban J connectivity index is 2.12. The summed E-state index contributed by atoms with van der Waals surface area (Å²) in [7, 11) is 0. The molecule has 4 heteroatoms. The summed E-state index contributed by atoms with van der Waals surface area (Å²) in [6.45, 7) is 0.495. The summed E-state index contributed by atoms with van der Waals surface area (Å²) in [5.41, 5.74) is 0. The van der Waals surface area contributed by atoms with E-state index in [1.54, 1.807) is 12.2 Å². The number of hydrogen-bond donors (Lipinski definition) is 1. The predicted octanol–water partition coefficient (Wildman–Crippen LogP) is 0.176. The van der Waals surface area contributed by atoms with Crippen molar-refractivity contribution in [1.82, 2.24) is 0 Å². The first kappa shape index (κ1) is 9.58. The van der Waals surface area contributed by atoms with E-state index >= 15 is 0 Å². The van der Waals surface area contributed by atoms with Crippen LogP contribution in [0, 0.1) is 0 Å². The van der Waals surface area contributed by atoms with Gasteiger partial charge in [0.15, 0.2) is 5.78 Å². The molecule has 0 bridgehead atoms. The van der Waals surface area contributed by atoms with E-state index in [4.69, 9.17) is 14.6 Å². The minimum absolute atomic E-state index is 0.0270. The second-order valence-corrected chi connectivity index (χ2v) is 3.35. The fourth-order valence-corrected chi connectivity index (χ4v) is 1.51. The van der Waals surface area contributed by atoms with Crippen LogP contribution in [-0.4, -0.2) is 36.0 Å². The minimum Gasteiger partial charge on any atom is -0.394 e. The minimum atomic E-state index is -0.931. The van der Waals surface area contributed by atoms with Gasteiger partial charge >= 0.3 is 0 Å². The van der Waals surface area contributed by atoms with Crippen molar-refractivity contribution in [2.45, 2.75) is 18.3 Å². The van der Waals surface area contributed by atoms with Crippen molar-refractivity contribution in [1.29, 1.82) is 0 Å². The Hall–Kier alpha value is -0.970. The van der Waals surface area contributed by atoms with E-state index in [2.05, 4.69) is 0 Å². The van der Waals surface area contributed by atoms with Gasteiger partial charge in [0.1, 0.15) is 0 Å². The van der Waals surface area contributed by atoms with E-state index in [1.807, 2.05) is 0 Å². The molecule has 0 aromatic heterocycles. The molecule has 0 saturated carbocycles. The number of ketones is 1. The molecule has 14 heavy (non-hydrogen) atoms. The molecule has 0 unspecified atom stereocenters. The molecule has 1 spiro atoms. The molecule has 4 nitrogen and oxygen atoms in total. The number of allylic oxidation sites excluding steroid dienone is 2. The molecule has 0 amide bonds. The van der Waals surface area contributed by atoms with E-state index in [1.165, 1.54) is 12.2 Å². The first-order chi connectivity index (χ1) is 6.74. The molecule has 2 aliphatic rings. The van der Waals surface area contributed by atoms with E-state index < -0.39 is 5.79 Å². The number of rotatable bonds is 1. The van der Waals surface area contributed by atoms with Crippen molar-refractivity contribution in [3.63, 3.8) is 0 Å². The molecule has 0 aromatic carbocycles. The van der Waals surface area contributed by atoms with Gasteiger partial charge in [-0.1, -0.05) is 0 Å². The van der Waals surface area contributed by atoms with Gasteiger partial charge in [0.25, 0.3) is 0 Å². The molecule has 1 heterocycles. The number of carbonyl (C=O) groups excluding carboxylic acids is 1. The standard InChI is InChI=1S/C10H12O4/c11-7-9-3-6-13-10(14-9)4-1-8(12)2-5-10/h1-2,4-5,9,11H,3,6-7H2/t9-/m0/s1. The summed E-state index contributed by atoms with van der Waals surface area (Å²) in [4.78, 5) is 10.9. The lowest BCUT2D eigenvalue weighted by Crippen LogP contribution is -2.44. The first-order valence-electron chi connectivity index (χ1n) is 4.59. The van der Waals surface area contributed by atoms with Crippen LogP contribution in [0.2, 0.25) is 0 Å². The maximum Gasteiger partial charge on any atom is 0.209 e.